The number of carbonyl (C=O) groups is 1. The molecule has 0 radical (unpaired) electrons. The van der Waals surface area contributed by atoms with Crippen LogP contribution in [0.5, 0.6) is 0 Å². The molecule has 2 atom stereocenters. The van der Waals surface area contributed by atoms with E-state index < -0.39 is 0 Å². The summed E-state index contributed by atoms with van der Waals surface area (Å²) in [5.74, 6) is 0.912. The molecule has 0 bridgehead atoms. The summed E-state index contributed by atoms with van der Waals surface area (Å²) in [4.78, 5) is 18.6. The molecule has 2 fully saturated rings. The van der Waals surface area contributed by atoms with E-state index in [1.54, 1.807) is 6.92 Å². The number of piperazine rings is 1. The number of nitrogens with zero attached hydrogens (tertiary/aromatic N) is 5. The molecule has 2 unspecified atom stereocenters. The zero-order valence-electron chi connectivity index (χ0n) is 14.6. The van der Waals surface area contributed by atoms with E-state index in [9.17, 15) is 4.79 Å². The molecule has 6 nitrogen and oxygen atoms in total. The van der Waals surface area contributed by atoms with Crippen molar-refractivity contribution in [1.29, 1.82) is 0 Å². The Morgan fingerprint density at radius 2 is 2.00 bits per heavy atom. The van der Waals surface area contributed by atoms with Crippen molar-refractivity contribution < 1.29 is 4.79 Å². The molecule has 2 saturated heterocycles. The lowest BCUT2D eigenvalue weighted by molar-refractivity contribution is -0.130. The van der Waals surface area contributed by atoms with Gasteiger partial charge in [0, 0.05) is 72.0 Å². The van der Waals surface area contributed by atoms with Crippen molar-refractivity contribution in [1.82, 2.24) is 24.5 Å². The number of amides is 1. The van der Waals surface area contributed by atoms with Crippen molar-refractivity contribution in [3.8, 4) is 0 Å². The van der Waals surface area contributed by atoms with Gasteiger partial charge in [0.05, 0.1) is 6.20 Å². The van der Waals surface area contributed by atoms with E-state index in [2.05, 4.69) is 28.0 Å². The predicted octanol–water partition coefficient (Wildman–Crippen LogP) is 0.447. The van der Waals surface area contributed by atoms with Crippen LogP contribution in [0.25, 0.3) is 0 Å². The number of likely N-dealkylation sites (tertiary alicyclic amines) is 1. The second-order valence-corrected chi connectivity index (χ2v) is 7.12. The topological polar surface area (TPSA) is 44.6 Å². The molecule has 0 aliphatic carbocycles. The molecule has 1 aromatic rings. The van der Waals surface area contributed by atoms with Crippen LogP contribution < -0.4 is 0 Å². The lowest BCUT2D eigenvalue weighted by Gasteiger charge is -2.39. The second kappa shape index (κ2) is 7.01. The van der Waals surface area contributed by atoms with E-state index >= 15 is 0 Å². The Morgan fingerprint density at radius 1 is 1.26 bits per heavy atom. The summed E-state index contributed by atoms with van der Waals surface area (Å²) in [7, 11) is 1.97. The van der Waals surface area contributed by atoms with Crippen molar-refractivity contribution in [2.45, 2.75) is 26.3 Å². The fourth-order valence-electron chi connectivity index (χ4n) is 3.96. The van der Waals surface area contributed by atoms with Gasteiger partial charge in [-0.1, -0.05) is 6.92 Å². The van der Waals surface area contributed by atoms with Crippen LogP contribution in [-0.4, -0.2) is 82.2 Å². The molecule has 1 amide bonds. The van der Waals surface area contributed by atoms with Gasteiger partial charge in [-0.25, -0.2) is 0 Å². The first kappa shape index (κ1) is 16.5. The van der Waals surface area contributed by atoms with Crippen LogP contribution in [0.2, 0.25) is 0 Å². The monoisotopic (exact) mass is 319 g/mol. The number of aromatic nitrogens is 2. The summed E-state index contributed by atoms with van der Waals surface area (Å²) >= 11 is 0. The van der Waals surface area contributed by atoms with Gasteiger partial charge in [-0.3, -0.25) is 14.4 Å². The third kappa shape index (κ3) is 3.93. The van der Waals surface area contributed by atoms with Gasteiger partial charge in [0.2, 0.25) is 5.91 Å². The SMILES string of the molecule is CC(=O)N1CCN(C2CN(CCc3cnn(C)c3)CC2C)CC1. The second-order valence-electron chi connectivity index (χ2n) is 7.12. The van der Waals surface area contributed by atoms with Crippen LogP contribution >= 0.6 is 0 Å². The summed E-state index contributed by atoms with van der Waals surface area (Å²) in [6.45, 7) is 11.3. The van der Waals surface area contributed by atoms with Crippen molar-refractivity contribution >= 4 is 5.91 Å². The molecule has 128 valence electrons. The molecule has 2 aliphatic heterocycles. The summed E-state index contributed by atoms with van der Waals surface area (Å²) in [5.41, 5.74) is 1.32. The minimum atomic E-state index is 0.210. The standard InChI is InChI=1S/C17H29N5O/c1-14-11-20(5-4-16-10-18-19(3)12-16)13-17(14)22-8-6-21(7-9-22)15(2)23/h10,12,14,17H,4-9,11,13H2,1-3H3. The first-order valence-corrected chi connectivity index (χ1v) is 8.72. The molecule has 0 spiro atoms. The van der Waals surface area contributed by atoms with Crippen molar-refractivity contribution in [3.63, 3.8) is 0 Å². The van der Waals surface area contributed by atoms with Gasteiger partial charge in [-0.05, 0) is 17.9 Å². The molecule has 0 N–H and O–H groups in total. The van der Waals surface area contributed by atoms with Gasteiger partial charge in [0.15, 0.2) is 0 Å². The van der Waals surface area contributed by atoms with Crippen LogP contribution in [0.1, 0.15) is 19.4 Å². The lowest BCUT2D eigenvalue weighted by Crippen LogP contribution is -2.53. The molecule has 0 saturated carbocycles. The largest absolute Gasteiger partial charge is 0.340 e. The number of aryl methyl sites for hydroxylation is 1. The van der Waals surface area contributed by atoms with Gasteiger partial charge >= 0.3 is 0 Å². The highest BCUT2D eigenvalue weighted by atomic mass is 16.2. The Hall–Kier alpha value is -1.40. The Morgan fingerprint density at radius 3 is 2.61 bits per heavy atom. The quantitative estimate of drug-likeness (QED) is 0.808. The van der Waals surface area contributed by atoms with E-state index in [-0.39, 0.29) is 5.91 Å². The maximum absolute atomic E-state index is 11.5. The van der Waals surface area contributed by atoms with E-state index in [4.69, 9.17) is 0 Å². The van der Waals surface area contributed by atoms with E-state index in [1.807, 2.05) is 22.8 Å². The number of rotatable bonds is 4. The molecule has 0 aromatic carbocycles. The van der Waals surface area contributed by atoms with Crippen molar-refractivity contribution in [3.05, 3.63) is 18.0 Å². The highest BCUT2D eigenvalue weighted by Gasteiger charge is 2.35. The van der Waals surface area contributed by atoms with Gasteiger partial charge in [0.25, 0.3) is 0 Å². The third-order valence-corrected chi connectivity index (χ3v) is 5.35. The average molecular weight is 319 g/mol. The highest BCUT2D eigenvalue weighted by molar-refractivity contribution is 5.73. The Bertz CT molecular complexity index is 535. The van der Waals surface area contributed by atoms with Crippen LogP contribution in [0.3, 0.4) is 0 Å². The number of hydrogen-bond donors (Lipinski definition) is 0. The normalized spacial score (nSPS) is 26.8. The van der Waals surface area contributed by atoms with Gasteiger partial charge in [-0.15, -0.1) is 0 Å². The lowest BCUT2D eigenvalue weighted by atomic mass is 10.0. The first-order chi connectivity index (χ1) is 11.0. The fourth-order valence-corrected chi connectivity index (χ4v) is 3.96. The van der Waals surface area contributed by atoms with E-state index in [0.717, 1.165) is 45.7 Å². The maximum Gasteiger partial charge on any atom is 0.219 e. The summed E-state index contributed by atoms with van der Waals surface area (Å²) < 4.78 is 1.87. The zero-order valence-corrected chi connectivity index (χ0v) is 14.6. The fraction of sp³-hybridized carbons (Fsp3) is 0.765. The van der Waals surface area contributed by atoms with Crippen LogP contribution in [-0.2, 0) is 18.3 Å². The summed E-state index contributed by atoms with van der Waals surface area (Å²) in [5, 5.41) is 4.24. The first-order valence-electron chi connectivity index (χ1n) is 8.72. The van der Waals surface area contributed by atoms with Crippen molar-refractivity contribution in [2.24, 2.45) is 13.0 Å². The highest BCUT2D eigenvalue weighted by Crippen LogP contribution is 2.23. The van der Waals surface area contributed by atoms with Crippen LogP contribution in [0, 0.1) is 5.92 Å². The van der Waals surface area contributed by atoms with E-state index in [0.29, 0.717) is 12.0 Å². The smallest absolute Gasteiger partial charge is 0.219 e. The molecular weight excluding hydrogens is 290 g/mol. The summed E-state index contributed by atoms with van der Waals surface area (Å²) in [6, 6.07) is 0.637. The summed E-state index contributed by atoms with van der Waals surface area (Å²) in [6.07, 6.45) is 5.15. The molecule has 2 aliphatic rings. The molecular formula is C17H29N5O. The molecule has 23 heavy (non-hydrogen) atoms. The molecule has 3 rings (SSSR count). The van der Waals surface area contributed by atoms with Crippen molar-refractivity contribution in [2.75, 3.05) is 45.8 Å². The number of carbonyl (C=O) groups excluding carboxylic acids is 1. The maximum atomic E-state index is 11.5. The minimum Gasteiger partial charge on any atom is -0.340 e. The Balaban J connectivity index is 1.48. The van der Waals surface area contributed by atoms with Crippen LogP contribution in [0.15, 0.2) is 12.4 Å². The predicted molar refractivity (Wildman–Crippen MR) is 90.1 cm³/mol. The average Bonchev–Trinajstić information content (AvgIpc) is 3.11. The minimum absolute atomic E-state index is 0.210. The van der Waals surface area contributed by atoms with Crippen LogP contribution in [0.4, 0.5) is 0 Å². The molecule has 1 aromatic heterocycles. The van der Waals surface area contributed by atoms with Gasteiger partial charge in [-0.2, -0.15) is 5.10 Å². The zero-order chi connectivity index (χ0) is 16.4. The molecule has 6 heteroatoms. The number of hydrogen-bond acceptors (Lipinski definition) is 4. The third-order valence-electron chi connectivity index (χ3n) is 5.35. The van der Waals surface area contributed by atoms with Gasteiger partial charge in [0.1, 0.15) is 0 Å². The Labute approximate surface area is 139 Å². The van der Waals surface area contributed by atoms with E-state index in [1.165, 1.54) is 12.1 Å². The van der Waals surface area contributed by atoms with Gasteiger partial charge < -0.3 is 9.80 Å². The Kier molecular flexibility index (Phi) is 5.02. The molecule has 3 heterocycles.